The Bertz CT molecular complexity index is 450. The summed E-state index contributed by atoms with van der Waals surface area (Å²) in [4.78, 5) is 22.4. The second-order valence-electron chi connectivity index (χ2n) is 3.61. The second-order valence-corrected chi connectivity index (χ2v) is 4.59. The number of carbonyl (C=O) groups excluding carboxylic acids is 1. The van der Waals surface area contributed by atoms with Gasteiger partial charge in [0.2, 0.25) is 0 Å². The van der Waals surface area contributed by atoms with Crippen molar-refractivity contribution in [1.29, 1.82) is 0 Å². The molecule has 0 bridgehead atoms. The van der Waals surface area contributed by atoms with Crippen LogP contribution < -0.4 is 5.32 Å². The van der Waals surface area contributed by atoms with E-state index in [0.717, 1.165) is 0 Å². The fourth-order valence-corrected chi connectivity index (χ4v) is 1.74. The summed E-state index contributed by atoms with van der Waals surface area (Å²) >= 11 is 0.380. The van der Waals surface area contributed by atoms with E-state index in [1.807, 2.05) is 0 Å². The van der Waals surface area contributed by atoms with E-state index in [0.29, 0.717) is 11.8 Å². The Morgan fingerprint density at radius 3 is 2.68 bits per heavy atom. The summed E-state index contributed by atoms with van der Waals surface area (Å²) in [7, 11) is 0. The number of hydrogen-bond donors (Lipinski definition) is 2. The third kappa shape index (κ3) is 4.90. The average Bonchev–Trinajstić information content (AvgIpc) is 2.81. The van der Waals surface area contributed by atoms with Crippen molar-refractivity contribution in [3.05, 3.63) is 23.7 Å². The number of thioether (sulfide) groups is 1. The van der Waals surface area contributed by atoms with Gasteiger partial charge in [-0.2, -0.15) is 8.78 Å². The highest BCUT2D eigenvalue weighted by Gasteiger charge is 2.20. The number of rotatable bonds is 7. The molecule has 2 N–H and O–H groups in total. The first-order valence-electron chi connectivity index (χ1n) is 5.46. The SMILES string of the molecule is CCC(NC(=O)c1ccc(CSC(F)F)o1)C(=O)O. The van der Waals surface area contributed by atoms with Crippen molar-refractivity contribution in [2.24, 2.45) is 0 Å². The van der Waals surface area contributed by atoms with Gasteiger partial charge >= 0.3 is 5.97 Å². The highest BCUT2D eigenvalue weighted by Crippen LogP contribution is 2.21. The molecule has 0 aromatic carbocycles. The van der Waals surface area contributed by atoms with E-state index in [2.05, 4.69) is 5.32 Å². The minimum absolute atomic E-state index is 0.0545. The number of furan rings is 1. The molecule has 1 atom stereocenters. The first-order chi connectivity index (χ1) is 8.93. The third-order valence-corrected chi connectivity index (χ3v) is 2.95. The lowest BCUT2D eigenvalue weighted by Crippen LogP contribution is -2.40. The summed E-state index contributed by atoms with van der Waals surface area (Å²) in [6.07, 6.45) is 0.232. The fourth-order valence-electron chi connectivity index (χ4n) is 1.29. The Hall–Kier alpha value is -1.57. The van der Waals surface area contributed by atoms with Gasteiger partial charge < -0.3 is 14.8 Å². The van der Waals surface area contributed by atoms with Crippen LogP contribution in [0.2, 0.25) is 0 Å². The van der Waals surface area contributed by atoms with Crippen LogP contribution in [0.15, 0.2) is 16.5 Å². The Morgan fingerprint density at radius 1 is 1.47 bits per heavy atom. The van der Waals surface area contributed by atoms with Crippen LogP contribution in [0.25, 0.3) is 0 Å². The molecule has 1 heterocycles. The van der Waals surface area contributed by atoms with E-state index < -0.39 is 23.7 Å². The van der Waals surface area contributed by atoms with Gasteiger partial charge in [-0.1, -0.05) is 18.7 Å². The minimum Gasteiger partial charge on any atom is -0.480 e. The summed E-state index contributed by atoms with van der Waals surface area (Å²) in [5, 5.41) is 11.1. The van der Waals surface area contributed by atoms with E-state index in [-0.39, 0.29) is 23.7 Å². The summed E-state index contributed by atoms with van der Waals surface area (Å²) < 4.78 is 29.0. The monoisotopic (exact) mass is 293 g/mol. The first-order valence-corrected chi connectivity index (χ1v) is 6.51. The number of aliphatic carboxylic acids is 1. The van der Waals surface area contributed by atoms with Crippen LogP contribution in [0.4, 0.5) is 8.78 Å². The summed E-state index contributed by atoms with van der Waals surface area (Å²) in [6.45, 7) is 1.62. The summed E-state index contributed by atoms with van der Waals surface area (Å²) in [5.41, 5.74) is 0. The minimum atomic E-state index is -2.51. The third-order valence-electron chi connectivity index (χ3n) is 2.25. The van der Waals surface area contributed by atoms with Crippen molar-refractivity contribution in [2.45, 2.75) is 30.9 Å². The molecule has 1 amide bonds. The molecule has 0 radical (unpaired) electrons. The van der Waals surface area contributed by atoms with Gasteiger partial charge in [-0.25, -0.2) is 4.79 Å². The van der Waals surface area contributed by atoms with Gasteiger partial charge in [-0.05, 0) is 18.6 Å². The number of hydrogen-bond acceptors (Lipinski definition) is 4. The molecular weight excluding hydrogens is 280 g/mol. The molecule has 0 fully saturated rings. The van der Waals surface area contributed by atoms with Crippen molar-refractivity contribution >= 4 is 23.6 Å². The maximum atomic E-state index is 12.0. The predicted octanol–water partition coefficient (Wildman–Crippen LogP) is 2.33. The molecule has 0 spiro atoms. The van der Waals surface area contributed by atoms with Crippen molar-refractivity contribution in [1.82, 2.24) is 5.32 Å². The highest BCUT2D eigenvalue weighted by atomic mass is 32.2. The lowest BCUT2D eigenvalue weighted by Gasteiger charge is -2.10. The molecule has 5 nitrogen and oxygen atoms in total. The summed E-state index contributed by atoms with van der Waals surface area (Å²) in [6, 6.07) is 1.73. The normalized spacial score (nSPS) is 12.4. The maximum absolute atomic E-state index is 12.0. The van der Waals surface area contributed by atoms with E-state index >= 15 is 0 Å². The van der Waals surface area contributed by atoms with Crippen molar-refractivity contribution in [2.75, 3.05) is 0 Å². The summed E-state index contributed by atoms with van der Waals surface area (Å²) in [5.74, 6) is -4.25. The molecule has 1 aromatic heterocycles. The van der Waals surface area contributed by atoms with E-state index in [9.17, 15) is 18.4 Å². The number of carboxylic acid groups (broad SMARTS) is 1. The highest BCUT2D eigenvalue weighted by molar-refractivity contribution is 7.98. The molecule has 1 unspecified atom stereocenters. The smallest absolute Gasteiger partial charge is 0.326 e. The molecule has 0 saturated carbocycles. The fraction of sp³-hybridized carbons (Fsp3) is 0.455. The number of amides is 1. The van der Waals surface area contributed by atoms with Crippen molar-refractivity contribution in [3.8, 4) is 0 Å². The van der Waals surface area contributed by atoms with Crippen molar-refractivity contribution in [3.63, 3.8) is 0 Å². The Labute approximate surface area is 112 Å². The second kappa shape index (κ2) is 7.13. The molecule has 8 heteroatoms. The van der Waals surface area contributed by atoms with E-state index in [1.165, 1.54) is 12.1 Å². The van der Waals surface area contributed by atoms with Gasteiger partial charge in [-0.3, -0.25) is 4.79 Å². The van der Waals surface area contributed by atoms with Gasteiger partial charge in [0.05, 0.1) is 5.75 Å². The lowest BCUT2D eigenvalue weighted by atomic mass is 10.2. The van der Waals surface area contributed by atoms with Crippen LogP contribution in [0.5, 0.6) is 0 Å². The molecule has 0 aliphatic carbocycles. The Kier molecular flexibility index (Phi) is 5.81. The average molecular weight is 293 g/mol. The molecule has 0 aliphatic rings. The largest absolute Gasteiger partial charge is 0.480 e. The number of alkyl halides is 2. The van der Waals surface area contributed by atoms with E-state index in [4.69, 9.17) is 9.52 Å². The van der Waals surface area contributed by atoms with Gasteiger partial charge in [-0.15, -0.1) is 0 Å². The van der Waals surface area contributed by atoms with Crippen LogP contribution >= 0.6 is 11.8 Å². The molecule has 0 aliphatic heterocycles. The molecule has 106 valence electrons. The zero-order valence-corrected chi connectivity index (χ0v) is 10.9. The number of carbonyl (C=O) groups is 2. The van der Waals surface area contributed by atoms with Crippen molar-refractivity contribution < 1.29 is 27.9 Å². The zero-order valence-electron chi connectivity index (χ0n) is 10.1. The molecule has 1 rings (SSSR count). The molecule has 1 aromatic rings. The zero-order chi connectivity index (χ0) is 14.4. The van der Waals surface area contributed by atoms with Crippen LogP contribution in [0.1, 0.15) is 29.7 Å². The predicted molar refractivity (Wildman–Crippen MR) is 65.2 cm³/mol. The molecule has 19 heavy (non-hydrogen) atoms. The number of carboxylic acids is 1. The maximum Gasteiger partial charge on any atom is 0.326 e. The lowest BCUT2D eigenvalue weighted by molar-refractivity contribution is -0.139. The molecular formula is C11H13F2NO4S. The van der Waals surface area contributed by atoms with E-state index in [1.54, 1.807) is 6.92 Å². The van der Waals surface area contributed by atoms with Gasteiger partial charge in [0, 0.05) is 0 Å². The topological polar surface area (TPSA) is 79.5 Å². The number of halogens is 2. The van der Waals surface area contributed by atoms with Crippen LogP contribution in [0, 0.1) is 0 Å². The van der Waals surface area contributed by atoms with Crippen LogP contribution in [-0.4, -0.2) is 28.8 Å². The first kappa shape index (κ1) is 15.5. The Balaban J connectivity index is 2.60. The quantitative estimate of drug-likeness (QED) is 0.806. The van der Waals surface area contributed by atoms with Gasteiger partial charge in [0.25, 0.3) is 11.7 Å². The molecule has 0 saturated heterocycles. The standard InChI is InChI=1S/C11H13F2NO4S/c1-2-7(10(16)17)14-9(15)8-4-3-6(18-8)5-19-11(12)13/h3-4,7,11H,2,5H2,1H3,(H,14,15)(H,16,17). The van der Waals surface area contributed by atoms with Gasteiger partial charge in [0.15, 0.2) is 5.76 Å². The van der Waals surface area contributed by atoms with Crippen LogP contribution in [-0.2, 0) is 10.5 Å². The Morgan fingerprint density at radius 2 is 2.16 bits per heavy atom. The van der Waals surface area contributed by atoms with Crippen LogP contribution in [0.3, 0.4) is 0 Å². The van der Waals surface area contributed by atoms with Gasteiger partial charge in [0.1, 0.15) is 11.8 Å². The number of nitrogens with one attached hydrogen (secondary N) is 1.